The van der Waals surface area contributed by atoms with E-state index in [-0.39, 0.29) is 17.3 Å². The molecule has 3 nitrogen and oxygen atoms in total. The van der Waals surface area contributed by atoms with Crippen LogP contribution in [0, 0.1) is 0 Å². The van der Waals surface area contributed by atoms with Gasteiger partial charge >= 0.3 is 6.18 Å². The van der Waals surface area contributed by atoms with E-state index in [1.54, 1.807) is 24.0 Å². The molecule has 0 unspecified atom stereocenters. The second-order valence-corrected chi connectivity index (χ2v) is 4.37. The molecule has 0 fully saturated rings. The van der Waals surface area contributed by atoms with Crippen LogP contribution in [0.2, 0.25) is 5.02 Å². The van der Waals surface area contributed by atoms with Gasteiger partial charge in [0, 0.05) is 13.2 Å². The molecule has 0 aliphatic carbocycles. The molecule has 0 amide bonds. The van der Waals surface area contributed by atoms with Gasteiger partial charge in [-0.05, 0) is 18.2 Å². The van der Waals surface area contributed by atoms with Crippen molar-refractivity contribution in [3.63, 3.8) is 0 Å². The molecule has 0 spiro atoms. The average molecular weight is 290 g/mol. The number of rotatable bonds is 3. The van der Waals surface area contributed by atoms with Crippen molar-refractivity contribution in [2.24, 2.45) is 7.05 Å². The highest BCUT2D eigenvalue weighted by Crippen LogP contribution is 2.38. The minimum absolute atomic E-state index is 0.0389. The van der Waals surface area contributed by atoms with E-state index in [4.69, 9.17) is 11.6 Å². The van der Waals surface area contributed by atoms with E-state index in [0.29, 0.717) is 0 Å². The Hall–Kier alpha value is -1.69. The number of halogens is 4. The maximum absolute atomic E-state index is 12.9. The van der Waals surface area contributed by atoms with E-state index >= 15 is 0 Å². The van der Waals surface area contributed by atoms with Gasteiger partial charge < -0.3 is 5.32 Å². The van der Waals surface area contributed by atoms with Gasteiger partial charge in [-0.25, -0.2) is 0 Å². The minimum atomic E-state index is -4.44. The fourth-order valence-corrected chi connectivity index (χ4v) is 1.94. The van der Waals surface area contributed by atoms with E-state index in [0.717, 1.165) is 11.8 Å². The lowest BCUT2D eigenvalue weighted by Gasteiger charge is -2.15. The molecule has 2 aromatic rings. The van der Waals surface area contributed by atoms with Crippen LogP contribution in [0.15, 0.2) is 30.5 Å². The van der Waals surface area contributed by atoms with Crippen LogP contribution in [0.4, 0.5) is 18.9 Å². The Balaban J connectivity index is 2.27. The first kappa shape index (κ1) is 13.7. The molecular formula is C12H11ClF3N3. The fraction of sp³-hybridized carbons (Fsp3) is 0.250. The number of alkyl halides is 3. The first-order valence-electron chi connectivity index (χ1n) is 5.46. The molecule has 19 heavy (non-hydrogen) atoms. The summed E-state index contributed by atoms with van der Waals surface area (Å²) in [7, 11) is 1.72. The van der Waals surface area contributed by atoms with Gasteiger partial charge in [0.25, 0.3) is 0 Å². The fourth-order valence-electron chi connectivity index (χ4n) is 1.69. The van der Waals surface area contributed by atoms with Gasteiger partial charge in [-0.1, -0.05) is 17.7 Å². The third kappa shape index (κ3) is 3.01. The number of nitrogens with zero attached hydrogens (tertiary/aromatic N) is 2. The highest BCUT2D eigenvalue weighted by atomic mass is 35.5. The Morgan fingerprint density at radius 3 is 2.63 bits per heavy atom. The van der Waals surface area contributed by atoms with Crippen molar-refractivity contribution in [2.45, 2.75) is 12.7 Å². The largest absolute Gasteiger partial charge is 0.418 e. The first-order valence-corrected chi connectivity index (χ1v) is 5.84. The molecule has 0 saturated carbocycles. The maximum atomic E-state index is 12.9. The van der Waals surface area contributed by atoms with Crippen molar-refractivity contribution in [1.82, 2.24) is 9.78 Å². The van der Waals surface area contributed by atoms with E-state index in [2.05, 4.69) is 10.4 Å². The summed E-state index contributed by atoms with van der Waals surface area (Å²) in [6.07, 6.45) is -2.87. The van der Waals surface area contributed by atoms with Crippen molar-refractivity contribution >= 4 is 17.3 Å². The molecule has 7 heteroatoms. The van der Waals surface area contributed by atoms with Crippen molar-refractivity contribution in [3.8, 4) is 0 Å². The van der Waals surface area contributed by atoms with Crippen LogP contribution in [-0.4, -0.2) is 9.78 Å². The zero-order valence-electron chi connectivity index (χ0n) is 10.0. The summed E-state index contributed by atoms with van der Waals surface area (Å²) in [5.41, 5.74) is -0.131. The Bertz CT molecular complexity index is 578. The molecule has 2 rings (SSSR count). The Kier molecular flexibility index (Phi) is 3.71. The summed E-state index contributed by atoms with van der Waals surface area (Å²) in [6, 6.07) is 5.41. The lowest BCUT2D eigenvalue weighted by atomic mass is 10.1. The number of nitrogens with one attached hydrogen (secondary N) is 1. The minimum Gasteiger partial charge on any atom is -0.378 e. The maximum Gasteiger partial charge on any atom is 0.418 e. The predicted molar refractivity (Wildman–Crippen MR) is 67.0 cm³/mol. The van der Waals surface area contributed by atoms with Gasteiger partial charge in [-0.3, -0.25) is 4.68 Å². The highest BCUT2D eigenvalue weighted by Gasteiger charge is 2.34. The van der Waals surface area contributed by atoms with Gasteiger partial charge in [-0.2, -0.15) is 18.3 Å². The summed E-state index contributed by atoms with van der Waals surface area (Å²) in [6.45, 7) is 0.212. The van der Waals surface area contributed by atoms with Crippen LogP contribution >= 0.6 is 11.6 Å². The molecule has 0 aliphatic heterocycles. The Morgan fingerprint density at radius 2 is 2.05 bits per heavy atom. The van der Waals surface area contributed by atoms with Crippen LogP contribution < -0.4 is 5.32 Å². The second-order valence-electron chi connectivity index (χ2n) is 3.96. The molecule has 1 aromatic carbocycles. The van der Waals surface area contributed by atoms with Crippen molar-refractivity contribution in [2.75, 3.05) is 5.32 Å². The summed E-state index contributed by atoms with van der Waals surface area (Å²) < 4.78 is 40.2. The molecule has 102 valence electrons. The Labute approximate surface area is 113 Å². The number of aromatic nitrogens is 2. The molecule has 1 aromatic heterocycles. The SMILES string of the molecule is Cn1nccc1CNc1c(Cl)cccc1C(F)(F)F. The molecule has 1 N–H and O–H groups in total. The monoisotopic (exact) mass is 289 g/mol. The van der Waals surface area contributed by atoms with E-state index in [1.165, 1.54) is 12.1 Å². The third-order valence-corrected chi connectivity index (χ3v) is 3.00. The average Bonchev–Trinajstić information content (AvgIpc) is 2.72. The standard InChI is InChI=1S/C12H11ClF3N3/c1-19-8(5-6-18-19)7-17-11-9(12(14,15)16)3-2-4-10(11)13/h2-6,17H,7H2,1H3. The van der Waals surface area contributed by atoms with E-state index < -0.39 is 11.7 Å². The number of para-hydroxylation sites is 1. The lowest BCUT2D eigenvalue weighted by Crippen LogP contribution is -2.12. The van der Waals surface area contributed by atoms with Crippen LogP contribution in [-0.2, 0) is 19.8 Å². The molecule has 0 radical (unpaired) electrons. The van der Waals surface area contributed by atoms with Gasteiger partial charge in [0.15, 0.2) is 0 Å². The summed E-state index contributed by atoms with van der Waals surface area (Å²) in [5, 5.41) is 6.70. The molecule has 0 aliphatic rings. The van der Waals surface area contributed by atoms with Crippen LogP contribution in [0.25, 0.3) is 0 Å². The van der Waals surface area contributed by atoms with Crippen molar-refractivity contribution in [1.29, 1.82) is 0 Å². The van der Waals surface area contributed by atoms with Crippen molar-refractivity contribution < 1.29 is 13.2 Å². The lowest BCUT2D eigenvalue weighted by molar-refractivity contribution is -0.136. The number of benzene rings is 1. The molecule has 0 saturated heterocycles. The molecule has 0 atom stereocenters. The normalized spacial score (nSPS) is 11.6. The van der Waals surface area contributed by atoms with E-state index in [9.17, 15) is 13.2 Å². The molecule has 1 heterocycles. The van der Waals surface area contributed by atoms with Crippen LogP contribution in [0.3, 0.4) is 0 Å². The third-order valence-electron chi connectivity index (χ3n) is 2.69. The van der Waals surface area contributed by atoms with E-state index in [1.807, 2.05) is 0 Å². The zero-order valence-corrected chi connectivity index (χ0v) is 10.8. The number of hydrogen-bond donors (Lipinski definition) is 1. The molecule has 0 bridgehead atoms. The number of hydrogen-bond acceptors (Lipinski definition) is 2. The Morgan fingerprint density at radius 1 is 1.32 bits per heavy atom. The van der Waals surface area contributed by atoms with Gasteiger partial charge in [-0.15, -0.1) is 0 Å². The molecular weight excluding hydrogens is 279 g/mol. The number of anilines is 1. The summed E-state index contributed by atoms with van der Waals surface area (Å²) in [4.78, 5) is 0. The zero-order chi connectivity index (χ0) is 14.0. The van der Waals surface area contributed by atoms with Gasteiger partial charge in [0.05, 0.1) is 28.5 Å². The summed E-state index contributed by atoms with van der Waals surface area (Å²) >= 11 is 5.83. The quantitative estimate of drug-likeness (QED) is 0.933. The van der Waals surface area contributed by atoms with Gasteiger partial charge in [0.1, 0.15) is 0 Å². The van der Waals surface area contributed by atoms with Gasteiger partial charge in [0.2, 0.25) is 0 Å². The number of aryl methyl sites for hydroxylation is 1. The predicted octanol–water partition coefficient (Wildman–Crippen LogP) is 3.70. The highest BCUT2D eigenvalue weighted by molar-refractivity contribution is 6.33. The van der Waals surface area contributed by atoms with Crippen LogP contribution in [0.5, 0.6) is 0 Å². The first-order chi connectivity index (χ1) is 8.89. The van der Waals surface area contributed by atoms with Crippen molar-refractivity contribution in [3.05, 3.63) is 46.7 Å². The smallest absolute Gasteiger partial charge is 0.378 e. The second kappa shape index (κ2) is 5.13. The summed E-state index contributed by atoms with van der Waals surface area (Å²) in [5.74, 6) is 0. The van der Waals surface area contributed by atoms with Crippen LogP contribution in [0.1, 0.15) is 11.3 Å². The topological polar surface area (TPSA) is 29.9 Å².